The maximum Gasteiger partial charge on any atom is 0.225 e. The Bertz CT molecular complexity index is 540. The molecule has 128 valence electrons. The monoisotopic (exact) mass is 326 g/mol. The van der Waals surface area contributed by atoms with Gasteiger partial charge in [0.1, 0.15) is 24.4 Å². The molecule has 2 heterocycles. The van der Waals surface area contributed by atoms with Gasteiger partial charge >= 0.3 is 0 Å². The van der Waals surface area contributed by atoms with Crippen molar-refractivity contribution in [2.45, 2.75) is 50.9 Å². The summed E-state index contributed by atoms with van der Waals surface area (Å²) in [4.78, 5) is 15.6. The maximum atomic E-state index is 11.3. The zero-order chi connectivity index (χ0) is 17.0. The van der Waals surface area contributed by atoms with Gasteiger partial charge in [-0.15, -0.1) is 0 Å². The van der Waals surface area contributed by atoms with Crippen molar-refractivity contribution in [1.29, 1.82) is 0 Å². The minimum absolute atomic E-state index is 0.269. The van der Waals surface area contributed by atoms with Gasteiger partial charge in [-0.3, -0.25) is 4.79 Å². The molecule has 0 aliphatic carbocycles. The second kappa shape index (κ2) is 7.69. The van der Waals surface area contributed by atoms with Crippen molar-refractivity contribution in [1.82, 2.24) is 10.3 Å². The summed E-state index contributed by atoms with van der Waals surface area (Å²) in [5, 5.41) is 31.9. The Labute approximate surface area is 134 Å². The highest BCUT2D eigenvalue weighted by atomic mass is 16.7. The van der Waals surface area contributed by atoms with E-state index in [0.29, 0.717) is 0 Å². The third-order valence-corrected chi connectivity index (χ3v) is 3.63. The van der Waals surface area contributed by atoms with Crippen LogP contribution in [-0.2, 0) is 16.0 Å². The van der Waals surface area contributed by atoms with Crippen molar-refractivity contribution < 1.29 is 29.6 Å². The van der Waals surface area contributed by atoms with Crippen LogP contribution in [0.4, 0.5) is 0 Å². The van der Waals surface area contributed by atoms with Gasteiger partial charge in [-0.25, -0.2) is 4.98 Å². The molecular weight excluding hydrogens is 304 g/mol. The van der Waals surface area contributed by atoms with E-state index in [2.05, 4.69) is 10.3 Å². The Hall–Kier alpha value is -1.74. The highest BCUT2D eigenvalue weighted by Crippen LogP contribution is 2.23. The van der Waals surface area contributed by atoms with E-state index in [1.165, 1.54) is 6.92 Å². The Balaban J connectivity index is 2.21. The first kappa shape index (κ1) is 17.6. The first-order chi connectivity index (χ1) is 11.0. The van der Waals surface area contributed by atoms with Crippen molar-refractivity contribution in [3.05, 3.63) is 23.9 Å². The molecule has 1 aromatic rings. The van der Waals surface area contributed by atoms with E-state index in [0.717, 1.165) is 12.1 Å². The number of hydrogen-bond donors (Lipinski definition) is 4. The normalized spacial score (nSPS) is 30.7. The van der Waals surface area contributed by atoms with Crippen molar-refractivity contribution in [2.24, 2.45) is 0 Å². The van der Waals surface area contributed by atoms with Gasteiger partial charge in [0.2, 0.25) is 18.1 Å². The standard InChI is InChI=1S/C15H22N2O6/c1-3-9-5-4-6-11(17-9)23-15-12(16-8(2)19)14(21)13(20)10(7-18)22-15/h4-6,10,12-15,18,20-21H,3,7H2,1-2H3,(H,16,19)/t10-,12-,13-,14-,15+/m1/s1. The Kier molecular flexibility index (Phi) is 5.89. The summed E-state index contributed by atoms with van der Waals surface area (Å²) in [5.74, 6) is -0.138. The molecule has 23 heavy (non-hydrogen) atoms. The van der Waals surface area contributed by atoms with Crippen LogP contribution in [0.2, 0.25) is 0 Å². The number of ether oxygens (including phenoxy) is 2. The molecule has 1 fully saturated rings. The van der Waals surface area contributed by atoms with Crippen LogP contribution in [0, 0.1) is 0 Å². The summed E-state index contributed by atoms with van der Waals surface area (Å²) in [6.07, 6.45) is -4.07. The number of carbonyl (C=O) groups excluding carboxylic acids is 1. The molecule has 0 spiro atoms. The maximum absolute atomic E-state index is 11.3. The highest BCUT2D eigenvalue weighted by molar-refractivity contribution is 5.73. The molecule has 1 aromatic heterocycles. The van der Waals surface area contributed by atoms with Gasteiger partial charge in [-0.1, -0.05) is 13.0 Å². The smallest absolute Gasteiger partial charge is 0.225 e. The molecular formula is C15H22N2O6. The Morgan fingerprint density at radius 1 is 1.39 bits per heavy atom. The number of nitrogens with one attached hydrogen (secondary N) is 1. The molecule has 8 heteroatoms. The summed E-state index contributed by atoms with van der Waals surface area (Å²) in [7, 11) is 0. The molecule has 0 unspecified atom stereocenters. The lowest BCUT2D eigenvalue weighted by Gasteiger charge is -2.41. The molecule has 1 aliphatic rings. The van der Waals surface area contributed by atoms with E-state index >= 15 is 0 Å². The third kappa shape index (κ3) is 4.17. The van der Waals surface area contributed by atoms with E-state index in [4.69, 9.17) is 9.47 Å². The van der Waals surface area contributed by atoms with Gasteiger partial charge in [0.15, 0.2) is 0 Å². The zero-order valence-corrected chi connectivity index (χ0v) is 13.0. The van der Waals surface area contributed by atoms with E-state index in [9.17, 15) is 20.1 Å². The molecule has 0 aromatic carbocycles. The fraction of sp³-hybridized carbons (Fsp3) is 0.600. The second-order valence-corrected chi connectivity index (χ2v) is 5.37. The summed E-state index contributed by atoms with van der Waals surface area (Å²) in [6.45, 7) is 2.74. The van der Waals surface area contributed by atoms with E-state index < -0.39 is 43.2 Å². The van der Waals surface area contributed by atoms with E-state index in [-0.39, 0.29) is 5.88 Å². The van der Waals surface area contributed by atoms with Crippen molar-refractivity contribution in [3.63, 3.8) is 0 Å². The van der Waals surface area contributed by atoms with Crippen molar-refractivity contribution in [3.8, 4) is 5.88 Å². The van der Waals surface area contributed by atoms with Gasteiger partial charge in [0, 0.05) is 18.7 Å². The van der Waals surface area contributed by atoms with E-state index in [1.807, 2.05) is 13.0 Å². The highest BCUT2D eigenvalue weighted by Gasteiger charge is 2.46. The molecule has 0 saturated carbocycles. The van der Waals surface area contributed by atoms with Crippen molar-refractivity contribution >= 4 is 5.91 Å². The Morgan fingerprint density at radius 3 is 2.74 bits per heavy atom. The lowest BCUT2D eigenvalue weighted by atomic mass is 9.97. The van der Waals surface area contributed by atoms with Crippen LogP contribution in [0.1, 0.15) is 19.5 Å². The van der Waals surface area contributed by atoms with Crippen LogP contribution in [0.15, 0.2) is 18.2 Å². The van der Waals surface area contributed by atoms with Crippen LogP contribution in [0.5, 0.6) is 5.88 Å². The molecule has 1 aliphatic heterocycles. The van der Waals surface area contributed by atoms with E-state index in [1.54, 1.807) is 12.1 Å². The van der Waals surface area contributed by atoms with Crippen LogP contribution < -0.4 is 10.1 Å². The minimum atomic E-state index is -1.34. The van der Waals surface area contributed by atoms with Gasteiger partial charge in [-0.05, 0) is 12.5 Å². The molecule has 4 N–H and O–H groups in total. The zero-order valence-electron chi connectivity index (χ0n) is 13.0. The van der Waals surface area contributed by atoms with Gasteiger partial charge in [0.25, 0.3) is 0 Å². The quantitative estimate of drug-likeness (QED) is 0.546. The number of aliphatic hydroxyl groups is 3. The number of rotatable bonds is 5. The fourth-order valence-electron chi connectivity index (χ4n) is 2.41. The molecule has 0 radical (unpaired) electrons. The largest absolute Gasteiger partial charge is 0.446 e. The number of carbonyl (C=O) groups is 1. The van der Waals surface area contributed by atoms with Crippen LogP contribution in [0.25, 0.3) is 0 Å². The SMILES string of the molecule is CCc1cccc(O[C@@H]2O[C@H](CO)[C@@H](O)[C@H](O)[C@H]2NC(C)=O)n1. The molecule has 1 amide bonds. The van der Waals surface area contributed by atoms with Crippen LogP contribution in [-0.4, -0.2) is 63.5 Å². The first-order valence-electron chi connectivity index (χ1n) is 7.48. The number of hydrogen-bond acceptors (Lipinski definition) is 7. The molecule has 8 nitrogen and oxygen atoms in total. The van der Waals surface area contributed by atoms with Gasteiger partial charge in [-0.2, -0.15) is 0 Å². The van der Waals surface area contributed by atoms with Crippen molar-refractivity contribution in [2.75, 3.05) is 6.61 Å². The van der Waals surface area contributed by atoms with Gasteiger partial charge in [0.05, 0.1) is 6.61 Å². The summed E-state index contributed by atoms with van der Waals surface area (Å²) in [6, 6.07) is 4.25. The predicted molar refractivity (Wildman–Crippen MR) is 79.6 cm³/mol. The molecule has 5 atom stereocenters. The molecule has 0 bridgehead atoms. The van der Waals surface area contributed by atoms with Crippen LogP contribution >= 0.6 is 0 Å². The summed E-state index contributed by atoms with van der Waals surface area (Å²) >= 11 is 0. The number of nitrogens with zero attached hydrogens (tertiary/aromatic N) is 1. The first-order valence-corrected chi connectivity index (χ1v) is 7.48. The number of amides is 1. The fourth-order valence-corrected chi connectivity index (χ4v) is 2.41. The number of aliphatic hydroxyl groups excluding tert-OH is 3. The number of aromatic nitrogens is 1. The lowest BCUT2D eigenvalue weighted by molar-refractivity contribution is -0.245. The average Bonchev–Trinajstić information content (AvgIpc) is 2.54. The second-order valence-electron chi connectivity index (χ2n) is 5.37. The van der Waals surface area contributed by atoms with Crippen LogP contribution in [0.3, 0.4) is 0 Å². The molecule has 1 saturated heterocycles. The average molecular weight is 326 g/mol. The van der Waals surface area contributed by atoms with Gasteiger partial charge < -0.3 is 30.1 Å². The number of pyridine rings is 1. The summed E-state index contributed by atoms with van der Waals surface area (Å²) < 4.78 is 11.1. The lowest BCUT2D eigenvalue weighted by Crippen LogP contribution is -2.65. The minimum Gasteiger partial charge on any atom is -0.446 e. The molecule has 2 rings (SSSR count). The summed E-state index contributed by atoms with van der Waals surface area (Å²) in [5.41, 5.74) is 0.814. The topological polar surface area (TPSA) is 121 Å². The Morgan fingerprint density at radius 2 is 2.13 bits per heavy atom. The number of aryl methyl sites for hydroxylation is 1. The predicted octanol–water partition coefficient (Wildman–Crippen LogP) is -1.03. The third-order valence-electron chi connectivity index (χ3n) is 3.63.